The smallest absolute Gasteiger partial charge is 0.0601 e. The van der Waals surface area contributed by atoms with Crippen LogP contribution in [0.1, 0.15) is 5.56 Å². The SMILES string of the molecule is CN(Cc1ccccc1Cl)c1ccc(I)cc1N. The predicted octanol–water partition coefficient (Wildman–Crippen LogP) is 4.16. The number of rotatable bonds is 3. The highest BCUT2D eigenvalue weighted by molar-refractivity contribution is 14.1. The highest BCUT2D eigenvalue weighted by Crippen LogP contribution is 2.26. The van der Waals surface area contributed by atoms with E-state index >= 15 is 0 Å². The van der Waals surface area contributed by atoms with E-state index in [9.17, 15) is 0 Å². The van der Waals surface area contributed by atoms with Crippen molar-refractivity contribution in [2.75, 3.05) is 17.7 Å². The lowest BCUT2D eigenvalue weighted by atomic mass is 10.2. The molecule has 0 saturated carbocycles. The molecule has 2 nitrogen and oxygen atoms in total. The van der Waals surface area contributed by atoms with Crippen LogP contribution in [0, 0.1) is 3.57 Å². The van der Waals surface area contributed by atoms with Crippen LogP contribution < -0.4 is 10.6 Å². The zero-order valence-corrected chi connectivity index (χ0v) is 12.9. The molecule has 2 aromatic carbocycles. The van der Waals surface area contributed by atoms with Gasteiger partial charge in [0.25, 0.3) is 0 Å². The van der Waals surface area contributed by atoms with Crippen molar-refractivity contribution < 1.29 is 0 Å². The number of nitrogens with two attached hydrogens (primary N) is 1. The summed E-state index contributed by atoms with van der Waals surface area (Å²) in [5.41, 5.74) is 8.94. The van der Waals surface area contributed by atoms with E-state index in [1.165, 1.54) is 0 Å². The van der Waals surface area contributed by atoms with E-state index in [4.69, 9.17) is 17.3 Å². The van der Waals surface area contributed by atoms with E-state index in [1.54, 1.807) is 0 Å². The summed E-state index contributed by atoms with van der Waals surface area (Å²) in [7, 11) is 2.02. The van der Waals surface area contributed by atoms with Crippen LogP contribution in [0.4, 0.5) is 11.4 Å². The number of nitrogens with zero attached hydrogens (tertiary/aromatic N) is 1. The van der Waals surface area contributed by atoms with Gasteiger partial charge < -0.3 is 10.6 Å². The lowest BCUT2D eigenvalue weighted by Gasteiger charge is -2.22. The van der Waals surface area contributed by atoms with Gasteiger partial charge in [0.15, 0.2) is 0 Å². The average Bonchev–Trinajstić information content (AvgIpc) is 2.32. The second-order valence-electron chi connectivity index (χ2n) is 4.15. The summed E-state index contributed by atoms with van der Waals surface area (Å²) in [5.74, 6) is 0. The van der Waals surface area contributed by atoms with Crippen molar-refractivity contribution in [1.82, 2.24) is 0 Å². The highest BCUT2D eigenvalue weighted by atomic mass is 127. The summed E-state index contributed by atoms with van der Waals surface area (Å²) in [6, 6.07) is 13.9. The summed E-state index contributed by atoms with van der Waals surface area (Å²) < 4.78 is 1.14. The van der Waals surface area contributed by atoms with Crippen molar-refractivity contribution in [3.63, 3.8) is 0 Å². The molecule has 0 aliphatic rings. The third-order valence-corrected chi connectivity index (χ3v) is 3.81. The Labute approximate surface area is 126 Å². The van der Waals surface area contributed by atoms with Crippen molar-refractivity contribution in [2.24, 2.45) is 0 Å². The molecule has 2 N–H and O–H groups in total. The van der Waals surface area contributed by atoms with Crippen LogP contribution in [0.25, 0.3) is 0 Å². The van der Waals surface area contributed by atoms with Crippen LogP contribution in [0.15, 0.2) is 42.5 Å². The van der Waals surface area contributed by atoms with Gasteiger partial charge in [-0.2, -0.15) is 0 Å². The Hall–Kier alpha value is -0.940. The zero-order chi connectivity index (χ0) is 13.1. The first kappa shape index (κ1) is 13.5. The van der Waals surface area contributed by atoms with Gasteiger partial charge in [0.05, 0.1) is 11.4 Å². The molecule has 0 aliphatic carbocycles. The van der Waals surface area contributed by atoms with Crippen molar-refractivity contribution in [2.45, 2.75) is 6.54 Å². The van der Waals surface area contributed by atoms with Gasteiger partial charge in [0.2, 0.25) is 0 Å². The summed E-state index contributed by atoms with van der Waals surface area (Å²) in [4.78, 5) is 2.10. The number of benzene rings is 2. The Morgan fingerprint density at radius 1 is 1.22 bits per heavy atom. The molecular formula is C14H14ClIN2. The van der Waals surface area contributed by atoms with Crippen LogP contribution in [0.2, 0.25) is 5.02 Å². The monoisotopic (exact) mass is 372 g/mol. The molecule has 0 amide bonds. The van der Waals surface area contributed by atoms with Gasteiger partial charge in [0.1, 0.15) is 0 Å². The second-order valence-corrected chi connectivity index (χ2v) is 5.80. The third-order valence-electron chi connectivity index (χ3n) is 2.77. The largest absolute Gasteiger partial charge is 0.397 e. The molecule has 0 fully saturated rings. The van der Waals surface area contributed by atoms with Crippen molar-refractivity contribution in [3.8, 4) is 0 Å². The summed E-state index contributed by atoms with van der Waals surface area (Å²) in [5, 5.41) is 0.786. The van der Waals surface area contributed by atoms with Crippen molar-refractivity contribution >= 4 is 45.6 Å². The molecular weight excluding hydrogens is 359 g/mol. The molecule has 0 saturated heterocycles. The van der Waals surface area contributed by atoms with Gasteiger partial charge in [0, 0.05) is 22.2 Å². The second kappa shape index (κ2) is 5.80. The minimum absolute atomic E-state index is 0.741. The lowest BCUT2D eigenvalue weighted by Crippen LogP contribution is -2.18. The third kappa shape index (κ3) is 3.09. The van der Waals surface area contributed by atoms with Crippen LogP contribution in [0.5, 0.6) is 0 Å². The molecule has 0 radical (unpaired) electrons. The molecule has 0 spiro atoms. The molecule has 0 unspecified atom stereocenters. The first-order chi connectivity index (χ1) is 8.58. The standard InChI is InChI=1S/C14H14ClIN2/c1-18(9-10-4-2-3-5-12(10)15)14-7-6-11(16)8-13(14)17/h2-8H,9,17H2,1H3. The highest BCUT2D eigenvalue weighted by Gasteiger charge is 2.08. The Kier molecular flexibility index (Phi) is 4.35. The van der Waals surface area contributed by atoms with E-state index < -0.39 is 0 Å². The van der Waals surface area contributed by atoms with Crippen molar-refractivity contribution in [1.29, 1.82) is 0 Å². The fourth-order valence-electron chi connectivity index (χ4n) is 1.84. The van der Waals surface area contributed by atoms with Crippen LogP contribution in [-0.4, -0.2) is 7.05 Å². The maximum absolute atomic E-state index is 6.16. The summed E-state index contributed by atoms with van der Waals surface area (Å²) >= 11 is 8.42. The maximum atomic E-state index is 6.16. The van der Waals surface area contributed by atoms with E-state index in [-0.39, 0.29) is 0 Å². The molecule has 0 aliphatic heterocycles. The van der Waals surface area contributed by atoms with Gasteiger partial charge in [-0.1, -0.05) is 29.8 Å². The van der Waals surface area contributed by atoms with Gasteiger partial charge in [-0.3, -0.25) is 0 Å². The number of anilines is 2. The van der Waals surface area contributed by atoms with E-state index in [2.05, 4.69) is 33.6 Å². The van der Waals surface area contributed by atoms with Crippen LogP contribution in [0.3, 0.4) is 0 Å². The van der Waals surface area contributed by atoms with Crippen molar-refractivity contribution in [3.05, 3.63) is 56.6 Å². The maximum Gasteiger partial charge on any atom is 0.0601 e. The fourth-order valence-corrected chi connectivity index (χ4v) is 2.55. The van der Waals surface area contributed by atoms with E-state index in [0.717, 1.165) is 32.1 Å². The summed E-state index contributed by atoms with van der Waals surface area (Å²) in [6.45, 7) is 0.741. The van der Waals surface area contributed by atoms with Gasteiger partial charge in [-0.25, -0.2) is 0 Å². The molecule has 4 heteroatoms. The zero-order valence-electron chi connectivity index (χ0n) is 10.0. The predicted molar refractivity (Wildman–Crippen MR) is 87.1 cm³/mol. The first-order valence-corrected chi connectivity index (χ1v) is 7.03. The average molecular weight is 373 g/mol. The number of hydrogen-bond acceptors (Lipinski definition) is 2. The quantitative estimate of drug-likeness (QED) is 0.647. The molecule has 2 aromatic rings. The van der Waals surface area contributed by atoms with Gasteiger partial charge in [-0.05, 0) is 52.4 Å². The molecule has 2 rings (SSSR count). The molecule has 0 bridgehead atoms. The Morgan fingerprint density at radius 2 is 1.94 bits per heavy atom. The molecule has 0 heterocycles. The number of halogens is 2. The van der Waals surface area contributed by atoms with Crippen LogP contribution in [-0.2, 0) is 6.54 Å². The first-order valence-electron chi connectivity index (χ1n) is 5.57. The number of nitrogen functional groups attached to an aromatic ring is 1. The van der Waals surface area contributed by atoms with Gasteiger partial charge in [-0.15, -0.1) is 0 Å². The number of hydrogen-bond donors (Lipinski definition) is 1. The minimum Gasteiger partial charge on any atom is -0.397 e. The van der Waals surface area contributed by atoms with Gasteiger partial charge >= 0.3 is 0 Å². The Balaban J connectivity index is 2.22. The Bertz CT molecular complexity index is 557. The summed E-state index contributed by atoms with van der Waals surface area (Å²) in [6.07, 6.45) is 0. The molecule has 0 aromatic heterocycles. The minimum atomic E-state index is 0.741. The van der Waals surface area contributed by atoms with Crippen LogP contribution >= 0.6 is 34.2 Å². The lowest BCUT2D eigenvalue weighted by molar-refractivity contribution is 0.925. The molecule has 0 atom stereocenters. The van der Waals surface area contributed by atoms with E-state index in [0.29, 0.717) is 0 Å². The fraction of sp³-hybridized carbons (Fsp3) is 0.143. The normalized spacial score (nSPS) is 10.4. The molecule has 18 heavy (non-hydrogen) atoms. The Morgan fingerprint density at radius 3 is 2.61 bits per heavy atom. The van der Waals surface area contributed by atoms with E-state index in [1.807, 2.05) is 43.4 Å². The molecule has 94 valence electrons. The topological polar surface area (TPSA) is 29.3 Å².